The van der Waals surface area contributed by atoms with Crippen LogP contribution in [0.2, 0.25) is 0 Å². The minimum Gasteiger partial charge on any atom is -0.491 e. The Bertz CT molecular complexity index is 618. The third kappa shape index (κ3) is 2.20. The van der Waals surface area contributed by atoms with E-state index in [1.807, 2.05) is 56.3 Å². The second-order valence-electron chi connectivity index (χ2n) is 5.71. The third-order valence-corrected chi connectivity index (χ3v) is 3.90. The average Bonchev–Trinajstić information content (AvgIpc) is 2.78. The molecule has 0 fully saturated rings. The van der Waals surface area contributed by atoms with Gasteiger partial charge < -0.3 is 9.84 Å². The fourth-order valence-corrected chi connectivity index (χ4v) is 2.99. The minimum absolute atomic E-state index is 0.135. The topological polar surface area (TPSA) is 29.5 Å². The maximum absolute atomic E-state index is 11.1. The van der Waals surface area contributed by atoms with E-state index in [1.165, 1.54) is 5.56 Å². The van der Waals surface area contributed by atoms with Crippen molar-refractivity contribution in [2.24, 2.45) is 0 Å². The van der Waals surface area contributed by atoms with Crippen molar-refractivity contribution < 1.29 is 9.84 Å². The smallest absolute Gasteiger partial charge is 0.120 e. The fraction of sp³-hybridized carbons (Fsp3) is 0.333. The van der Waals surface area contributed by atoms with Gasteiger partial charge in [-0.2, -0.15) is 0 Å². The highest BCUT2D eigenvalue weighted by Crippen LogP contribution is 2.42. The van der Waals surface area contributed by atoms with E-state index in [4.69, 9.17) is 4.74 Å². The van der Waals surface area contributed by atoms with E-state index >= 15 is 0 Å². The Morgan fingerprint density at radius 2 is 1.90 bits per heavy atom. The Kier molecular flexibility index (Phi) is 3.27. The van der Waals surface area contributed by atoms with E-state index in [2.05, 4.69) is 6.07 Å². The molecule has 2 heteroatoms. The normalized spacial score (nSPS) is 21.0. The van der Waals surface area contributed by atoms with Gasteiger partial charge in [0.05, 0.1) is 6.10 Å². The van der Waals surface area contributed by atoms with Gasteiger partial charge in [0.25, 0.3) is 0 Å². The van der Waals surface area contributed by atoms with Gasteiger partial charge in [-0.1, -0.05) is 36.4 Å². The van der Waals surface area contributed by atoms with Gasteiger partial charge in [0.1, 0.15) is 11.4 Å². The van der Waals surface area contributed by atoms with Crippen LogP contribution in [0.5, 0.6) is 5.75 Å². The van der Waals surface area contributed by atoms with Crippen molar-refractivity contribution >= 4 is 0 Å². The Morgan fingerprint density at radius 1 is 1.10 bits per heavy atom. The van der Waals surface area contributed by atoms with Crippen LogP contribution in [-0.4, -0.2) is 11.2 Å². The molecule has 1 aliphatic rings. The standard InChI is InChI=1S/C18H20O2/c1-13(2)20-16-8-5-7-15(12-16)18(19)11-10-14-6-3-4-9-17(14)18/h3-9,12-13,19H,10-11H2,1-2H3. The van der Waals surface area contributed by atoms with E-state index in [9.17, 15) is 5.11 Å². The van der Waals surface area contributed by atoms with Crippen LogP contribution in [0.25, 0.3) is 0 Å². The summed E-state index contributed by atoms with van der Waals surface area (Å²) in [5.74, 6) is 0.815. The molecular formula is C18H20O2. The number of aliphatic hydroxyl groups is 1. The molecular weight excluding hydrogens is 248 g/mol. The summed E-state index contributed by atoms with van der Waals surface area (Å²) < 4.78 is 5.74. The molecule has 0 aliphatic heterocycles. The van der Waals surface area contributed by atoms with Gasteiger partial charge in [-0.3, -0.25) is 0 Å². The summed E-state index contributed by atoms with van der Waals surface area (Å²) in [6.45, 7) is 4.01. The van der Waals surface area contributed by atoms with Gasteiger partial charge >= 0.3 is 0 Å². The van der Waals surface area contributed by atoms with Crippen LogP contribution in [-0.2, 0) is 12.0 Å². The lowest BCUT2D eigenvalue weighted by Gasteiger charge is -2.25. The van der Waals surface area contributed by atoms with E-state index in [1.54, 1.807) is 0 Å². The molecule has 0 amide bonds. The molecule has 0 aromatic heterocycles. The van der Waals surface area contributed by atoms with Gasteiger partial charge in [-0.25, -0.2) is 0 Å². The molecule has 1 aliphatic carbocycles. The molecule has 2 nitrogen and oxygen atoms in total. The number of rotatable bonds is 3. The van der Waals surface area contributed by atoms with Crippen LogP contribution >= 0.6 is 0 Å². The minimum atomic E-state index is -0.882. The molecule has 1 atom stereocenters. The first-order valence-electron chi connectivity index (χ1n) is 7.17. The maximum Gasteiger partial charge on any atom is 0.120 e. The van der Waals surface area contributed by atoms with E-state index in [0.29, 0.717) is 0 Å². The van der Waals surface area contributed by atoms with Crippen molar-refractivity contribution in [2.75, 3.05) is 0 Å². The molecule has 2 aromatic carbocycles. The predicted molar refractivity (Wildman–Crippen MR) is 80.0 cm³/mol. The van der Waals surface area contributed by atoms with E-state index in [0.717, 1.165) is 29.7 Å². The molecule has 0 radical (unpaired) electrons. The zero-order valence-corrected chi connectivity index (χ0v) is 12.0. The summed E-state index contributed by atoms with van der Waals surface area (Å²) in [6, 6.07) is 16.0. The first kappa shape index (κ1) is 13.2. The number of hydrogen-bond acceptors (Lipinski definition) is 2. The van der Waals surface area contributed by atoms with Crippen molar-refractivity contribution in [3.8, 4) is 5.75 Å². The quantitative estimate of drug-likeness (QED) is 0.920. The molecule has 2 aromatic rings. The molecule has 0 bridgehead atoms. The van der Waals surface area contributed by atoms with Crippen LogP contribution in [0.3, 0.4) is 0 Å². The molecule has 20 heavy (non-hydrogen) atoms. The zero-order chi connectivity index (χ0) is 14.2. The van der Waals surface area contributed by atoms with Crippen molar-refractivity contribution in [2.45, 2.75) is 38.4 Å². The number of aryl methyl sites for hydroxylation is 1. The second kappa shape index (κ2) is 4.95. The highest BCUT2D eigenvalue weighted by molar-refractivity contribution is 5.46. The Labute approximate surface area is 120 Å². The van der Waals surface area contributed by atoms with Gasteiger partial charge in [0, 0.05) is 0 Å². The zero-order valence-electron chi connectivity index (χ0n) is 12.0. The highest BCUT2D eigenvalue weighted by Gasteiger charge is 2.38. The molecule has 3 rings (SSSR count). The van der Waals surface area contributed by atoms with Crippen LogP contribution < -0.4 is 4.74 Å². The first-order chi connectivity index (χ1) is 9.59. The third-order valence-electron chi connectivity index (χ3n) is 3.90. The van der Waals surface area contributed by atoms with E-state index < -0.39 is 5.60 Å². The Balaban J connectivity index is 2.01. The summed E-state index contributed by atoms with van der Waals surface area (Å²) in [6.07, 6.45) is 1.79. The summed E-state index contributed by atoms with van der Waals surface area (Å²) in [5.41, 5.74) is 2.31. The SMILES string of the molecule is CC(C)Oc1cccc(C2(O)CCc3ccccc32)c1. The monoisotopic (exact) mass is 268 g/mol. The molecule has 0 spiro atoms. The van der Waals surface area contributed by atoms with Gasteiger partial charge in [-0.15, -0.1) is 0 Å². The molecule has 1 unspecified atom stereocenters. The lowest BCUT2D eigenvalue weighted by atomic mass is 9.88. The largest absolute Gasteiger partial charge is 0.491 e. The van der Waals surface area contributed by atoms with Gasteiger partial charge in [0.2, 0.25) is 0 Å². The Hall–Kier alpha value is -1.80. The number of fused-ring (bicyclic) bond motifs is 1. The summed E-state index contributed by atoms with van der Waals surface area (Å²) >= 11 is 0. The fourth-order valence-electron chi connectivity index (χ4n) is 2.99. The van der Waals surface area contributed by atoms with Crippen molar-refractivity contribution in [1.29, 1.82) is 0 Å². The van der Waals surface area contributed by atoms with Crippen LogP contribution in [0, 0.1) is 0 Å². The summed E-state index contributed by atoms with van der Waals surface area (Å²) in [4.78, 5) is 0. The maximum atomic E-state index is 11.1. The predicted octanol–water partition coefficient (Wildman–Crippen LogP) is 3.66. The summed E-state index contributed by atoms with van der Waals surface area (Å²) in [7, 11) is 0. The summed E-state index contributed by atoms with van der Waals surface area (Å²) in [5, 5.41) is 11.1. The Morgan fingerprint density at radius 3 is 2.70 bits per heavy atom. The highest BCUT2D eigenvalue weighted by atomic mass is 16.5. The van der Waals surface area contributed by atoms with Crippen LogP contribution in [0.1, 0.15) is 37.0 Å². The first-order valence-corrected chi connectivity index (χ1v) is 7.17. The lowest BCUT2D eigenvalue weighted by molar-refractivity contribution is 0.0824. The molecule has 0 saturated heterocycles. The lowest BCUT2D eigenvalue weighted by Crippen LogP contribution is -2.23. The van der Waals surface area contributed by atoms with Gasteiger partial charge in [0.15, 0.2) is 0 Å². The van der Waals surface area contributed by atoms with Crippen molar-refractivity contribution in [3.63, 3.8) is 0 Å². The van der Waals surface area contributed by atoms with E-state index in [-0.39, 0.29) is 6.10 Å². The van der Waals surface area contributed by atoms with Gasteiger partial charge in [-0.05, 0) is 55.5 Å². The van der Waals surface area contributed by atoms with Crippen LogP contribution in [0.15, 0.2) is 48.5 Å². The second-order valence-corrected chi connectivity index (χ2v) is 5.71. The van der Waals surface area contributed by atoms with Crippen molar-refractivity contribution in [1.82, 2.24) is 0 Å². The molecule has 0 heterocycles. The molecule has 104 valence electrons. The molecule has 1 N–H and O–H groups in total. The molecule has 0 saturated carbocycles. The average molecular weight is 268 g/mol. The van der Waals surface area contributed by atoms with Crippen molar-refractivity contribution in [3.05, 3.63) is 65.2 Å². The number of ether oxygens (including phenoxy) is 1. The van der Waals surface area contributed by atoms with Crippen LogP contribution in [0.4, 0.5) is 0 Å². The number of benzene rings is 2. The number of hydrogen-bond donors (Lipinski definition) is 1.